The Morgan fingerprint density at radius 2 is 2.24 bits per heavy atom. The summed E-state index contributed by atoms with van der Waals surface area (Å²) in [5.74, 6) is 0.715. The molecule has 1 heterocycles. The van der Waals surface area contributed by atoms with Crippen molar-refractivity contribution in [2.75, 3.05) is 5.73 Å². The van der Waals surface area contributed by atoms with Crippen molar-refractivity contribution < 1.29 is 0 Å². The zero-order valence-electron chi connectivity index (χ0n) is 9.35. The average molecular weight is 224 g/mol. The van der Waals surface area contributed by atoms with E-state index in [1.54, 1.807) is 16.8 Å². The van der Waals surface area contributed by atoms with Crippen LogP contribution in [-0.2, 0) is 12.8 Å². The van der Waals surface area contributed by atoms with Crippen LogP contribution < -0.4 is 5.73 Å². The molecule has 0 fully saturated rings. The van der Waals surface area contributed by atoms with Crippen LogP contribution in [0.25, 0.3) is 5.69 Å². The van der Waals surface area contributed by atoms with Gasteiger partial charge in [-0.3, -0.25) is 0 Å². The second-order valence-electron chi connectivity index (χ2n) is 4.24. The van der Waals surface area contributed by atoms with Crippen molar-refractivity contribution in [2.24, 2.45) is 0 Å². The van der Waals surface area contributed by atoms with Crippen LogP contribution in [-0.4, -0.2) is 9.78 Å². The lowest BCUT2D eigenvalue weighted by atomic mass is 10.2. The molecule has 1 aromatic carbocycles. The molecule has 0 bridgehead atoms. The van der Waals surface area contributed by atoms with Gasteiger partial charge in [-0.25, -0.2) is 4.68 Å². The van der Waals surface area contributed by atoms with Crippen LogP contribution in [0.5, 0.6) is 0 Å². The number of aromatic nitrogens is 2. The summed E-state index contributed by atoms with van der Waals surface area (Å²) < 4.78 is 1.74. The average Bonchev–Trinajstić information content (AvgIpc) is 2.93. The SMILES string of the molecule is N#Cc1cccc(-n2nc3c(c2N)CCC3)c1. The molecule has 4 nitrogen and oxygen atoms in total. The Hall–Kier alpha value is -2.28. The van der Waals surface area contributed by atoms with Crippen LogP contribution in [0.4, 0.5) is 5.82 Å². The highest BCUT2D eigenvalue weighted by Gasteiger charge is 2.20. The summed E-state index contributed by atoms with van der Waals surface area (Å²) in [7, 11) is 0. The van der Waals surface area contributed by atoms with E-state index in [1.807, 2.05) is 12.1 Å². The highest BCUT2D eigenvalue weighted by atomic mass is 15.3. The summed E-state index contributed by atoms with van der Waals surface area (Å²) in [6.45, 7) is 0. The first-order valence-corrected chi connectivity index (χ1v) is 5.66. The largest absolute Gasteiger partial charge is 0.383 e. The zero-order chi connectivity index (χ0) is 11.8. The number of nitriles is 1. The van der Waals surface area contributed by atoms with Gasteiger partial charge >= 0.3 is 0 Å². The van der Waals surface area contributed by atoms with Crippen LogP contribution in [0.15, 0.2) is 24.3 Å². The number of nitrogens with two attached hydrogens (primary N) is 1. The van der Waals surface area contributed by atoms with E-state index >= 15 is 0 Å². The van der Waals surface area contributed by atoms with Crippen LogP contribution in [0, 0.1) is 11.3 Å². The summed E-state index contributed by atoms with van der Waals surface area (Å²) in [4.78, 5) is 0. The molecule has 1 aliphatic carbocycles. The Balaban J connectivity index is 2.13. The van der Waals surface area contributed by atoms with Gasteiger partial charge in [0.1, 0.15) is 5.82 Å². The topological polar surface area (TPSA) is 67.6 Å². The van der Waals surface area contributed by atoms with Crippen molar-refractivity contribution in [3.8, 4) is 11.8 Å². The van der Waals surface area contributed by atoms with E-state index in [-0.39, 0.29) is 0 Å². The third-order valence-corrected chi connectivity index (χ3v) is 3.17. The first kappa shape index (κ1) is 9.91. The minimum Gasteiger partial charge on any atom is -0.383 e. The monoisotopic (exact) mass is 224 g/mol. The molecule has 0 amide bonds. The van der Waals surface area contributed by atoms with Gasteiger partial charge in [0.25, 0.3) is 0 Å². The number of nitrogens with zero attached hydrogens (tertiary/aromatic N) is 3. The first-order chi connectivity index (χ1) is 8.29. The molecular formula is C13H12N4. The Bertz CT molecular complexity index is 619. The van der Waals surface area contributed by atoms with Gasteiger partial charge in [0, 0.05) is 5.56 Å². The number of anilines is 1. The summed E-state index contributed by atoms with van der Waals surface area (Å²) in [6, 6.07) is 9.47. The number of nitrogen functional groups attached to an aromatic ring is 1. The van der Waals surface area contributed by atoms with Crippen LogP contribution in [0.3, 0.4) is 0 Å². The van der Waals surface area contributed by atoms with Gasteiger partial charge in [-0.1, -0.05) is 6.07 Å². The van der Waals surface area contributed by atoms with Crippen molar-refractivity contribution in [3.05, 3.63) is 41.1 Å². The third-order valence-electron chi connectivity index (χ3n) is 3.17. The molecule has 0 saturated carbocycles. The molecule has 1 aromatic heterocycles. The summed E-state index contributed by atoms with van der Waals surface area (Å²) >= 11 is 0. The van der Waals surface area contributed by atoms with Gasteiger partial charge in [-0.2, -0.15) is 10.4 Å². The lowest BCUT2D eigenvalue weighted by Crippen LogP contribution is -2.03. The highest BCUT2D eigenvalue weighted by molar-refractivity contribution is 5.53. The van der Waals surface area contributed by atoms with Gasteiger partial charge < -0.3 is 5.73 Å². The van der Waals surface area contributed by atoms with Crippen LogP contribution in [0.1, 0.15) is 23.2 Å². The van der Waals surface area contributed by atoms with Gasteiger partial charge in [0.05, 0.1) is 23.0 Å². The fraction of sp³-hybridized carbons (Fsp3) is 0.231. The predicted molar refractivity (Wildman–Crippen MR) is 64.7 cm³/mol. The molecule has 0 spiro atoms. The lowest BCUT2D eigenvalue weighted by molar-refractivity contribution is 0.808. The smallest absolute Gasteiger partial charge is 0.130 e. The van der Waals surface area contributed by atoms with Crippen LogP contribution >= 0.6 is 0 Å². The molecular weight excluding hydrogens is 212 g/mol. The van der Waals surface area contributed by atoms with Crippen molar-refractivity contribution in [2.45, 2.75) is 19.3 Å². The van der Waals surface area contributed by atoms with E-state index in [9.17, 15) is 0 Å². The fourth-order valence-electron chi connectivity index (χ4n) is 2.32. The summed E-state index contributed by atoms with van der Waals surface area (Å²) in [5.41, 5.74) is 9.85. The second kappa shape index (κ2) is 3.63. The van der Waals surface area contributed by atoms with Gasteiger partial charge in [-0.05, 0) is 37.5 Å². The molecule has 3 rings (SSSR count). The molecule has 17 heavy (non-hydrogen) atoms. The lowest BCUT2D eigenvalue weighted by Gasteiger charge is -2.05. The van der Waals surface area contributed by atoms with E-state index in [2.05, 4.69) is 11.2 Å². The van der Waals surface area contributed by atoms with E-state index in [0.717, 1.165) is 30.6 Å². The van der Waals surface area contributed by atoms with Crippen molar-refractivity contribution in [3.63, 3.8) is 0 Å². The predicted octanol–water partition coefficient (Wildman–Crippen LogP) is 1.81. The number of hydrogen-bond acceptors (Lipinski definition) is 3. The van der Waals surface area contributed by atoms with E-state index in [0.29, 0.717) is 11.4 Å². The van der Waals surface area contributed by atoms with Crippen LogP contribution in [0.2, 0.25) is 0 Å². The highest BCUT2D eigenvalue weighted by Crippen LogP contribution is 2.28. The molecule has 1 aliphatic rings. The summed E-state index contributed by atoms with van der Waals surface area (Å²) in [5, 5.41) is 13.4. The van der Waals surface area contributed by atoms with Gasteiger partial charge in [0.2, 0.25) is 0 Å². The van der Waals surface area contributed by atoms with Crippen molar-refractivity contribution in [1.29, 1.82) is 5.26 Å². The Morgan fingerprint density at radius 3 is 3.00 bits per heavy atom. The first-order valence-electron chi connectivity index (χ1n) is 5.66. The van der Waals surface area contributed by atoms with Crippen molar-refractivity contribution in [1.82, 2.24) is 9.78 Å². The minimum absolute atomic E-state index is 0.623. The maximum absolute atomic E-state index is 8.88. The number of benzene rings is 1. The number of aryl methyl sites for hydroxylation is 1. The molecule has 0 aliphatic heterocycles. The molecule has 2 aromatic rings. The number of hydrogen-bond donors (Lipinski definition) is 1. The van der Waals surface area contributed by atoms with Crippen molar-refractivity contribution >= 4 is 5.82 Å². The molecule has 0 atom stereocenters. The van der Waals surface area contributed by atoms with Gasteiger partial charge in [0.15, 0.2) is 0 Å². The Labute approximate surface area is 99.3 Å². The zero-order valence-corrected chi connectivity index (χ0v) is 9.35. The quantitative estimate of drug-likeness (QED) is 0.803. The Kier molecular flexibility index (Phi) is 2.12. The molecule has 0 saturated heterocycles. The van der Waals surface area contributed by atoms with E-state index in [1.165, 1.54) is 5.56 Å². The molecule has 2 N–H and O–H groups in total. The molecule has 0 unspecified atom stereocenters. The summed E-state index contributed by atoms with van der Waals surface area (Å²) in [6.07, 6.45) is 3.16. The maximum atomic E-state index is 8.88. The fourth-order valence-corrected chi connectivity index (χ4v) is 2.32. The normalized spacial score (nSPS) is 13.4. The molecule has 84 valence electrons. The number of fused-ring (bicyclic) bond motifs is 1. The number of rotatable bonds is 1. The maximum Gasteiger partial charge on any atom is 0.130 e. The van der Waals surface area contributed by atoms with E-state index < -0.39 is 0 Å². The Morgan fingerprint density at radius 1 is 1.35 bits per heavy atom. The third kappa shape index (κ3) is 1.48. The standard InChI is InChI=1S/C13H12N4/c14-8-9-3-1-4-10(7-9)17-13(15)11-5-2-6-12(11)16-17/h1,3-4,7H,2,5-6,15H2. The minimum atomic E-state index is 0.623. The second-order valence-corrected chi connectivity index (χ2v) is 4.24. The molecule has 4 heteroatoms. The molecule has 0 radical (unpaired) electrons. The van der Waals surface area contributed by atoms with E-state index in [4.69, 9.17) is 11.0 Å². The van der Waals surface area contributed by atoms with Gasteiger partial charge in [-0.15, -0.1) is 0 Å².